The predicted octanol–water partition coefficient (Wildman–Crippen LogP) is 3.42. The fourth-order valence-electron chi connectivity index (χ4n) is 2.32. The summed E-state index contributed by atoms with van der Waals surface area (Å²) in [5.74, 6) is 0.196. The summed E-state index contributed by atoms with van der Waals surface area (Å²) in [6.07, 6.45) is -4.13. The highest BCUT2D eigenvalue weighted by atomic mass is 19.4. The molecular weight excluding hydrogens is 257 g/mol. The lowest BCUT2D eigenvalue weighted by atomic mass is 9.82. The molecule has 2 unspecified atom stereocenters. The maximum atomic E-state index is 12.9. The normalized spacial score (nSPS) is 22.0. The van der Waals surface area contributed by atoms with Gasteiger partial charge in [-0.05, 0) is 30.4 Å². The Morgan fingerprint density at radius 1 is 1.37 bits per heavy atom. The lowest BCUT2D eigenvalue weighted by molar-refractivity contribution is -0.243. The van der Waals surface area contributed by atoms with Crippen LogP contribution in [0.25, 0.3) is 0 Å². The second kappa shape index (κ2) is 4.89. The van der Waals surface area contributed by atoms with Gasteiger partial charge in [0.05, 0.1) is 6.61 Å². The van der Waals surface area contributed by atoms with Gasteiger partial charge >= 0.3 is 6.18 Å². The average Bonchev–Trinajstić information content (AvgIpc) is 2.38. The Morgan fingerprint density at radius 2 is 2.05 bits per heavy atom. The van der Waals surface area contributed by atoms with Crippen LogP contribution in [-0.2, 0) is 0 Å². The SMILES string of the molecule is C=CC(O)(CC1CCOc2ccccc21)C(F)(F)F. The number of alkyl halides is 3. The minimum absolute atomic E-state index is 0.354. The van der Waals surface area contributed by atoms with Crippen LogP contribution in [0.1, 0.15) is 24.3 Å². The van der Waals surface area contributed by atoms with E-state index in [4.69, 9.17) is 4.74 Å². The number of para-hydroxylation sites is 1. The zero-order valence-corrected chi connectivity index (χ0v) is 10.3. The number of ether oxygens (including phenoxy) is 1. The predicted molar refractivity (Wildman–Crippen MR) is 65.1 cm³/mol. The number of hydrogen-bond donors (Lipinski definition) is 1. The first-order valence-corrected chi connectivity index (χ1v) is 6.02. The summed E-state index contributed by atoms with van der Waals surface area (Å²) < 4.78 is 44.0. The molecule has 0 aliphatic carbocycles. The van der Waals surface area contributed by atoms with Gasteiger partial charge < -0.3 is 9.84 Å². The maximum Gasteiger partial charge on any atom is 0.420 e. The van der Waals surface area contributed by atoms with E-state index in [9.17, 15) is 18.3 Å². The van der Waals surface area contributed by atoms with Crippen LogP contribution in [0.15, 0.2) is 36.9 Å². The van der Waals surface area contributed by atoms with Crippen molar-refractivity contribution >= 4 is 0 Å². The van der Waals surface area contributed by atoms with Crippen LogP contribution in [-0.4, -0.2) is 23.5 Å². The number of rotatable bonds is 3. The van der Waals surface area contributed by atoms with Gasteiger partial charge in [0.1, 0.15) is 5.75 Å². The summed E-state index contributed by atoms with van der Waals surface area (Å²) in [7, 11) is 0. The zero-order valence-electron chi connectivity index (χ0n) is 10.3. The second-order valence-electron chi connectivity index (χ2n) is 4.70. The van der Waals surface area contributed by atoms with Crippen molar-refractivity contribution in [3.05, 3.63) is 42.5 Å². The minimum Gasteiger partial charge on any atom is -0.493 e. The highest BCUT2D eigenvalue weighted by Gasteiger charge is 2.52. The quantitative estimate of drug-likeness (QED) is 0.854. The van der Waals surface area contributed by atoms with Gasteiger partial charge in [-0.15, -0.1) is 0 Å². The molecule has 0 spiro atoms. The van der Waals surface area contributed by atoms with E-state index in [-0.39, 0.29) is 0 Å². The molecule has 0 bridgehead atoms. The Labute approximate surface area is 109 Å². The van der Waals surface area contributed by atoms with Crippen molar-refractivity contribution in [1.29, 1.82) is 0 Å². The van der Waals surface area contributed by atoms with Crippen LogP contribution in [0.2, 0.25) is 0 Å². The first kappa shape index (κ1) is 13.9. The molecule has 0 saturated heterocycles. The first-order chi connectivity index (χ1) is 8.87. The van der Waals surface area contributed by atoms with E-state index < -0.39 is 24.1 Å². The van der Waals surface area contributed by atoms with E-state index in [2.05, 4.69) is 6.58 Å². The summed E-state index contributed by atoms with van der Waals surface area (Å²) in [4.78, 5) is 0. The van der Waals surface area contributed by atoms with Crippen molar-refractivity contribution in [2.45, 2.75) is 30.5 Å². The van der Waals surface area contributed by atoms with Crippen molar-refractivity contribution in [3.8, 4) is 5.75 Å². The molecule has 0 radical (unpaired) electrons. The van der Waals surface area contributed by atoms with Crippen molar-refractivity contribution in [1.82, 2.24) is 0 Å². The van der Waals surface area contributed by atoms with Gasteiger partial charge in [-0.3, -0.25) is 0 Å². The molecule has 1 N–H and O–H groups in total. The first-order valence-electron chi connectivity index (χ1n) is 6.02. The monoisotopic (exact) mass is 272 g/mol. The van der Waals surface area contributed by atoms with Crippen LogP contribution >= 0.6 is 0 Å². The van der Waals surface area contributed by atoms with Crippen LogP contribution in [0, 0.1) is 0 Å². The third-order valence-corrected chi connectivity index (χ3v) is 3.47. The molecule has 104 valence electrons. The molecule has 1 heterocycles. The van der Waals surface area contributed by atoms with Crippen LogP contribution < -0.4 is 4.74 Å². The Morgan fingerprint density at radius 3 is 2.68 bits per heavy atom. The number of halogens is 3. The molecule has 0 fully saturated rings. The Hall–Kier alpha value is -1.49. The Bertz CT molecular complexity index is 470. The molecule has 19 heavy (non-hydrogen) atoms. The lowest BCUT2D eigenvalue weighted by Crippen LogP contribution is -2.44. The summed E-state index contributed by atoms with van der Waals surface area (Å²) in [5, 5.41) is 9.75. The van der Waals surface area contributed by atoms with E-state index in [1.54, 1.807) is 24.3 Å². The van der Waals surface area contributed by atoms with Crippen molar-refractivity contribution in [3.63, 3.8) is 0 Å². The molecule has 2 nitrogen and oxygen atoms in total. The molecule has 0 aromatic heterocycles. The maximum absolute atomic E-state index is 12.9. The topological polar surface area (TPSA) is 29.5 Å². The molecule has 1 aliphatic rings. The summed E-state index contributed by atoms with van der Waals surface area (Å²) in [6, 6.07) is 6.98. The van der Waals surface area contributed by atoms with Gasteiger partial charge in [0.2, 0.25) is 0 Å². The van der Waals surface area contributed by atoms with Gasteiger partial charge in [-0.2, -0.15) is 13.2 Å². The van der Waals surface area contributed by atoms with Crippen molar-refractivity contribution in [2.24, 2.45) is 0 Å². The Kier molecular flexibility index (Phi) is 3.58. The van der Waals surface area contributed by atoms with Crippen LogP contribution in [0.5, 0.6) is 5.75 Å². The summed E-state index contributed by atoms with van der Waals surface area (Å²) in [5.41, 5.74) is -2.15. The molecule has 0 amide bonds. The number of aliphatic hydroxyl groups is 1. The van der Waals surface area contributed by atoms with Crippen LogP contribution in [0.4, 0.5) is 13.2 Å². The van der Waals surface area contributed by atoms with Crippen molar-refractivity contribution in [2.75, 3.05) is 6.61 Å². The third kappa shape index (κ3) is 2.61. The van der Waals surface area contributed by atoms with Crippen molar-refractivity contribution < 1.29 is 23.0 Å². The highest BCUT2D eigenvalue weighted by Crippen LogP contribution is 2.43. The minimum atomic E-state index is -4.72. The van der Waals surface area contributed by atoms with Gasteiger partial charge in [-0.25, -0.2) is 0 Å². The van der Waals surface area contributed by atoms with E-state index in [0.717, 1.165) is 0 Å². The molecule has 0 saturated carbocycles. The number of benzene rings is 1. The molecule has 2 rings (SSSR count). The number of fused-ring (bicyclic) bond motifs is 1. The average molecular weight is 272 g/mol. The van der Waals surface area contributed by atoms with Gasteiger partial charge in [0.25, 0.3) is 0 Å². The molecule has 5 heteroatoms. The standard InChI is InChI=1S/C14H15F3O2/c1-2-13(18,14(15,16)17)9-10-7-8-19-12-6-4-3-5-11(10)12/h2-6,10,18H,1,7-9H2. The van der Waals surface area contributed by atoms with E-state index in [1.807, 2.05) is 0 Å². The Balaban J connectivity index is 2.28. The van der Waals surface area contributed by atoms with E-state index in [1.165, 1.54) is 0 Å². The van der Waals surface area contributed by atoms with Gasteiger partial charge in [0, 0.05) is 0 Å². The molecule has 1 aliphatic heterocycles. The lowest BCUT2D eigenvalue weighted by Gasteiger charge is -2.33. The number of hydrogen-bond acceptors (Lipinski definition) is 2. The molecule has 1 aromatic carbocycles. The smallest absolute Gasteiger partial charge is 0.420 e. The van der Waals surface area contributed by atoms with E-state index >= 15 is 0 Å². The van der Waals surface area contributed by atoms with Gasteiger partial charge in [0.15, 0.2) is 5.60 Å². The fourth-order valence-corrected chi connectivity index (χ4v) is 2.32. The van der Waals surface area contributed by atoms with Crippen LogP contribution in [0.3, 0.4) is 0 Å². The largest absolute Gasteiger partial charge is 0.493 e. The second-order valence-corrected chi connectivity index (χ2v) is 4.70. The summed E-state index contributed by atoms with van der Waals surface area (Å²) >= 11 is 0. The molecule has 1 aromatic rings. The summed E-state index contributed by atoms with van der Waals surface area (Å²) in [6.45, 7) is 3.47. The highest BCUT2D eigenvalue weighted by molar-refractivity contribution is 5.38. The van der Waals surface area contributed by atoms with E-state index in [0.29, 0.717) is 30.4 Å². The zero-order chi connectivity index (χ0) is 14.1. The fraction of sp³-hybridized carbons (Fsp3) is 0.429. The molecular formula is C14H15F3O2. The molecule has 2 atom stereocenters. The van der Waals surface area contributed by atoms with Gasteiger partial charge in [-0.1, -0.05) is 30.9 Å². The third-order valence-electron chi connectivity index (χ3n) is 3.47.